The minimum absolute atomic E-state index is 0.111. The van der Waals surface area contributed by atoms with Gasteiger partial charge < -0.3 is 24.1 Å². The van der Waals surface area contributed by atoms with Gasteiger partial charge in [0.15, 0.2) is 0 Å². The number of aliphatic hydroxyl groups is 1. The van der Waals surface area contributed by atoms with Crippen molar-refractivity contribution in [1.29, 1.82) is 0 Å². The van der Waals surface area contributed by atoms with Gasteiger partial charge in [0.2, 0.25) is 0 Å². The topological polar surface area (TPSA) is 125 Å². The fourth-order valence-electron chi connectivity index (χ4n) is 1.90. The van der Waals surface area contributed by atoms with E-state index < -0.39 is 43.2 Å². The predicted molar refractivity (Wildman–Crippen MR) is 100 cm³/mol. The van der Waals surface area contributed by atoms with Crippen LogP contribution in [0.25, 0.3) is 0 Å². The molecule has 0 amide bonds. The summed E-state index contributed by atoms with van der Waals surface area (Å²) in [4.78, 5) is 46.2. The summed E-state index contributed by atoms with van der Waals surface area (Å²) in [6, 6.07) is 5.82. The van der Waals surface area contributed by atoms with Crippen LogP contribution in [0.5, 0.6) is 0 Å². The summed E-state index contributed by atoms with van der Waals surface area (Å²) in [6.45, 7) is 1.39. The van der Waals surface area contributed by atoms with Gasteiger partial charge in [0.25, 0.3) is 0 Å². The van der Waals surface area contributed by atoms with E-state index in [-0.39, 0.29) is 11.1 Å². The molecule has 0 aromatic heterocycles. The maximum atomic E-state index is 12.1. The van der Waals surface area contributed by atoms with Crippen LogP contribution < -0.4 is 0 Å². The van der Waals surface area contributed by atoms with Gasteiger partial charge in [-0.3, -0.25) is 0 Å². The highest BCUT2D eigenvalue weighted by atomic mass is 16.6. The maximum Gasteiger partial charge on any atom is 0.338 e. The number of aliphatic hydroxyl groups excluding tert-OH is 1. The minimum Gasteiger partial charge on any atom is -0.466 e. The van der Waals surface area contributed by atoms with Gasteiger partial charge in [0.1, 0.15) is 19.3 Å². The smallest absolute Gasteiger partial charge is 0.338 e. The Hall–Kier alpha value is -3.20. The molecule has 0 aliphatic heterocycles. The van der Waals surface area contributed by atoms with Crippen LogP contribution in [0.2, 0.25) is 0 Å². The fraction of sp³-hybridized carbons (Fsp3) is 0.400. The molecule has 29 heavy (non-hydrogen) atoms. The molecule has 158 valence electrons. The van der Waals surface area contributed by atoms with Crippen LogP contribution in [0.15, 0.2) is 36.4 Å². The molecule has 1 N–H and O–H groups in total. The van der Waals surface area contributed by atoms with Crippen molar-refractivity contribution >= 4 is 23.9 Å². The lowest BCUT2D eigenvalue weighted by molar-refractivity contribution is -0.142. The average molecular weight is 408 g/mol. The van der Waals surface area contributed by atoms with Crippen molar-refractivity contribution in [3.8, 4) is 0 Å². The summed E-state index contributed by atoms with van der Waals surface area (Å²) in [7, 11) is 1.15. The van der Waals surface area contributed by atoms with Crippen molar-refractivity contribution in [1.82, 2.24) is 0 Å². The highest BCUT2D eigenvalue weighted by molar-refractivity contribution is 5.95. The number of methoxy groups -OCH3 is 1. The standard InChI is InChI=1S/C20H24O9/c1-3-4-10-27-19(24)14-6-5-7-15(11-14)20(25)29-13-16(21)12-28-18(23)9-8-17(22)26-2/h5-9,11,16,21H,3-4,10,12-13H2,1-2H3/b9-8-. The quantitative estimate of drug-likeness (QED) is 0.250. The highest BCUT2D eigenvalue weighted by Crippen LogP contribution is 2.09. The van der Waals surface area contributed by atoms with Crippen molar-refractivity contribution in [2.24, 2.45) is 0 Å². The van der Waals surface area contributed by atoms with Gasteiger partial charge >= 0.3 is 23.9 Å². The Bertz CT molecular complexity index is 739. The SMILES string of the molecule is CCCCOC(=O)c1cccc(C(=O)OCC(O)COC(=O)/C=C\C(=O)OC)c1. The van der Waals surface area contributed by atoms with Crippen molar-refractivity contribution in [3.05, 3.63) is 47.5 Å². The molecular formula is C20H24O9. The second-order valence-electron chi connectivity index (χ2n) is 5.81. The first-order valence-corrected chi connectivity index (χ1v) is 8.92. The molecule has 1 aromatic rings. The van der Waals surface area contributed by atoms with E-state index >= 15 is 0 Å². The van der Waals surface area contributed by atoms with Gasteiger partial charge in [-0.15, -0.1) is 0 Å². The number of rotatable bonds is 11. The number of unbranched alkanes of at least 4 members (excludes halogenated alkanes) is 1. The molecule has 0 radical (unpaired) electrons. The third-order valence-electron chi connectivity index (χ3n) is 3.45. The van der Waals surface area contributed by atoms with Crippen LogP contribution in [0.4, 0.5) is 0 Å². The van der Waals surface area contributed by atoms with Crippen LogP contribution >= 0.6 is 0 Å². The molecular weight excluding hydrogens is 384 g/mol. The van der Waals surface area contributed by atoms with Crippen LogP contribution in [-0.2, 0) is 28.5 Å². The fourth-order valence-corrected chi connectivity index (χ4v) is 1.90. The van der Waals surface area contributed by atoms with Crippen molar-refractivity contribution in [3.63, 3.8) is 0 Å². The molecule has 1 unspecified atom stereocenters. The Morgan fingerprint density at radius 3 is 2.17 bits per heavy atom. The third-order valence-corrected chi connectivity index (χ3v) is 3.45. The van der Waals surface area contributed by atoms with E-state index in [1.807, 2.05) is 6.92 Å². The summed E-state index contributed by atoms with van der Waals surface area (Å²) >= 11 is 0. The number of esters is 4. The maximum absolute atomic E-state index is 12.1. The summed E-state index contributed by atoms with van der Waals surface area (Å²) in [5.74, 6) is -2.90. The zero-order valence-corrected chi connectivity index (χ0v) is 16.3. The van der Waals surface area contributed by atoms with E-state index in [1.165, 1.54) is 24.3 Å². The molecule has 0 spiro atoms. The summed E-state index contributed by atoms with van der Waals surface area (Å²) in [5, 5.41) is 9.74. The van der Waals surface area contributed by atoms with E-state index in [1.54, 1.807) is 0 Å². The van der Waals surface area contributed by atoms with Crippen molar-refractivity contribution in [2.45, 2.75) is 25.9 Å². The molecule has 1 aromatic carbocycles. The molecule has 0 aliphatic rings. The molecule has 1 rings (SSSR count). The lowest BCUT2D eigenvalue weighted by Gasteiger charge is -2.11. The van der Waals surface area contributed by atoms with Crippen LogP contribution in [0.3, 0.4) is 0 Å². The average Bonchev–Trinajstić information content (AvgIpc) is 2.74. The molecule has 0 bridgehead atoms. The van der Waals surface area contributed by atoms with E-state index in [9.17, 15) is 24.3 Å². The van der Waals surface area contributed by atoms with Crippen LogP contribution in [0.1, 0.15) is 40.5 Å². The normalized spacial score (nSPS) is 11.6. The second-order valence-corrected chi connectivity index (χ2v) is 5.81. The molecule has 0 saturated carbocycles. The Labute approximate surface area is 168 Å². The van der Waals surface area contributed by atoms with Gasteiger partial charge in [0.05, 0.1) is 24.8 Å². The summed E-state index contributed by atoms with van der Waals surface area (Å²) in [5.41, 5.74) is 0.322. The Morgan fingerprint density at radius 1 is 0.966 bits per heavy atom. The minimum atomic E-state index is -1.27. The van der Waals surface area contributed by atoms with E-state index in [0.29, 0.717) is 6.61 Å². The Kier molecular flexibility index (Phi) is 10.7. The second kappa shape index (κ2) is 13.1. The largest absolute Gasteiger partial charge is 0.466 e. The van der Waals surface area contributed by atoms with Gasteiger partial charge in [0, 0.05) is 12.2 Å². The molecule has 0 heterocycles. The number of benzene rings is 1. The zero-order valence-electron chi connectivity index (χ0n) is 16.3. The van der Waals surface area contributed by atoms with Gasteiger partial charge in [-0.25, -0.2) is 19.2 Å². The number of carbonyl (C=O) groups is 4. The highest BCUT2D eigenvalue weighted by Gasteiger charge is 2.15. The molecule has 9 nitrogen and oxygen atoms in total. The number of hydrogen-bond acceptors (Lipinski definition) is 9. The molecule has 9 heteroatoms. The van der Waals surface area contributed by atoms with Gasteiger partial charge in [-0.05, 0) is 24.6 Å². The first-order valence-electron chi connectivity index (χ1n) is 8.92. The first kappa shape index (κ1) is 23.8. The number of ether oxygens (including phenoxy) is 4. The van der Waals surface area contributed by atoms with Crippen molar-refractivity contribution < 1.29 is 43.2 Å². The van der Waals surface area contributed by atoms with Crippen molar-refractivity contribution in [2.75, 3.05) is 26.9 Å². The van der Waals surface area contributed by atoms with Crippen LogP contribution in [-0.4, -0.2) is 62.0 Å². The lowest BCUT2D eigenvalue weighted by Crippen LogP contribution is -2.25. The lowest BCUT2D eigenvalue weighted by atomic mass is 10.1. The predicted octanol–water partition coefficient (Wildman–Crippen LogP) is 1.43. The van der Waals surface area contributed by atoms with Gasteiger partial charge in [-0.1, -0.05) is 19.4 Å². The third kappa shape index (κ3) is 9.52. The zero-order chi connectivity index (χ0) is 21.6. The summed E-state index contributed by atoms with van der Waals surface area (Å²) < 4.78 is 19.0. The van der Waals surface area contributed by atoms with E-state index in [4.69, 9.17) is 14.2 Å². The van der Waals surface area contributed by atoms with E-state index in [0.717, 1.165) is 32.1 Å². The Balaban J connectivity index is 2.46. The molecule has 0 saturated heterocycles. The number of hydrogen-bond donors (Lipinski definition) is 1. The van der Waals surface area contributed by atoms with E-state index in [2.05, 4.69) is 4.74 Å². The van der Waals surface area contributed by atoms with Gasteiger partial charge in [-0.2, -0.15) is 0 Å². The monoisotopic (exact) mass is 408 g/mol. The number of carbonyl (C=O) groups excluding carboxylic acids is 4. The molecule has 0 fully saturated rings. The Morgan fingerprint density at radius 2 is 1.55 bits per heavy atom. The molecule has 1 atom stereocenters. The molecule has 0 aliphatic carbocycles. The summed E-state index contributed by atoms with van der Waals surface area (Å²) in [6.07, 6.45) is 2.08. The first-order chi connectivity index (χ1) is 13.9. The van der Waals surface area contributed by atoms with Crippen LogP contribution in [0, 0.1) is 0 Å².